The molecule has 5 heteroatoms. The van der Waals surface area contributed by atoms with Crippen LogP contribution in [0, 0.1) is 0 Å². The third-order valence-corrected chi connectivity index (χ3v) is 4.42. The molecule has 20 heavy (non-hydrogen) atoms. The molecule has 1 aromatic carbocycles. The molecule has 0 saturated heterocycles. The molecule has 2 radical (unpaired) electrons. The Hall–Kier alpha value is -1.65. The topological polar surface area (TPSA) is 43.6 Å². The molecule has 1 aliphatic carbocycles. The van der Waals surface area contributed by atoms with Gasteiger partial charge >= 0.3 is 0 Å². The van der Waals surface area contributed by atoms with E-state index in [0.29, 0.717) is 5.92 Å². The van der Waals surface area contributed by atoms with Gasteiger partial charge in [-0.2, -0.15) is 0 Å². The van der Waals surface area contributed by atoms with Gasteiger partial charge in [0.15, 0.2) is 0 Å². The van der Waals surface area contributed by atoms with Crippen LogP contribution in [0.4, 0.5) is 0 Å². The number of rotatable bonds is 4. The van der Waals surface area contributed by atoms with E-state index in [0.717, 1.165) is 17.6 Å². The van der Waals surface area contributed by atoms with Crippen LogP contribution >= 0.6 is 0 Å². The van der Waals surface area contributed by atoms with Crippen LogP contribution in [-0.2, 0) is 5.41 Å². The van der Waals surface area contributed by atoms with E-state index in [-0.39, 0.29) is 5.41 Å². The summed E-state index contributed by atoms with van der Waals surface area (Å²) in [6.07, 6.45) is 5.14. The van der Waals surface area contributed by atoms with Crippen molar-refractivity contribution in [3.63, 3.8) is 0 Å². The number of hydrogen-bond donors (Lipinski definition) is 0. The SMILES string of the molecule is [B]c1cc(C2CC2)c(-n2cnnn2)cc1C(C)(C)CC. The van der Waals surface area contributed by atoms with Crippen LogP contribution in [0.2, 0.25) is 0 Å². The largest absolute Gasteiger partial charge is 0.200 e. The van der Waals surface area contributed by atoms with Crippen molar-refractivity contribution >= 4 is 13.3 Å². The first-order valence-corrected chi connectivity index (χ1v) is 7.20. The lowest BCUT2D eigenvalue weighted by Gasteiger charge is -2.27. The van der Waals surface area contributed by atoms with E-state index in [2.05, 4.69) is 48.4 Å². The van der Waals surface area contributed by atoms with Gasteiger partial charge in [0.05, 0.1) is 5.69 Å². The van der Waals surface area contributed by atoms with Crippen molar-refractivity contribution in [3.05, 3.63) is 29.6 Å². The fraction of sp³-hybridized carbons (Fsp3) is 0.533. The first-order chi connectivity index (χ1) is 9.53. The maximum Gasteiger partial charge on any atom is 0.143 e. The highest BCUT2D eigenvalue weighted by Crippen LogP contribution is 2.43. The van der Waals surface area contributed by atoms with Crippen LogP contribution < -0.4 is 5.46 Å². The van der Waals surface area contributed by atoms with Crippen molar-refractivity contribution in [1.82, 2.24) is 20.2 Å². The molecule has 3 rings (SSSR count). The molecular weight excluding hydrogens is 247 g/mol. The molecule has 1 aromatic heterocycles. The normalized spacial score (nSPS) is 15.6. The summed E-state index contributed by atoms with van der Waals surface area (Å²) in [7, 11) is 6.31. The first-order valence-electron chi connectivity index (χ1n) is 7.20. The van der Waals surface area contributed by atoms with Gasteiger partial charge in [-0.15, -0.1) is 5.10 Å². The molecule has 0 atom stereocenters. The molecule has 0 N–H and O–H groups in total. The van der Waals surface area contributed by atoms with Crippen LogP contribution in [0.25, 0.3) is 5.69 Å². The Bertz CT molecular complexity index is 615. The zero-order chi connectivity index (χ0) is 14.3. The fourth-order valence-corrected chi connectivity index (χ4v) is 2.59. The van der Waals surface area contributed by atoms with E-state index in [1.807, 2.05) is 0 Å². The van der Waals surface area contributed by atoms with Crippen LogP contribution in [0.15, 0.2) is 18.5 Å². The molecule has 4 nitrogen and oxygen atoms in total. The second kappa shape index (κ2) is 4.72. The second-order valence-electron chi connectivity index (χ2n) is 6.26. The van der Waals surface area contributed by atoms with Gasteiger partial charge in [0.2, 0.25) is 0 Å². The smallest absolute Gasteiger partial charge is 0.143 e. The number of hydrogen-bond acceptors (Lipinski definition) is 3. The minimum Gasteiger partial charge on any atom is -0.200 e. The summed E-state index contributed by atoms with van der Waals surface area (Å²) in [5.41, 5.74) is 4.45. The molecule has 1 saturated carbocycles. The van der Waals surface area contributed by atoms with Crippen molar-refractivity contribution in [2.45, 2.75) is 51.4 Å². The first kappa shape index (κ1) is 13.3. The number of aromatic nitrogens is 4. The maximum atomic E-state index is 6.31. The van der Waals surface area contributed by atoms with Crippen molar-refractivity contribution in [1.29, 1.82) is 0 Å². The Morgan fingerprint density at radius 2 is 2.10 bits per heavy atom. The summed E-state index contributed by atoms with van der Waals surface area (Å²) in [4.78, 5) is 0. The van der Waals surface area contributed by atoms with Crippen LogP contribution in [0.5, 0.6) is 0 Å². The molecule has 0 unspecified atom stereocenters. The maximum absolute atomic E-state index is 6.31. The Kier molecular flexibility index (Phi) is 3.15. The van der Waals surface area contributed by atoms with Crippen molar-refractivity contribution < 1.29 is 0 Å². The van der Waals surface area contributed by atoms with E-state index in [1.54, 1.807) is 11.0 Å². The predicted octanol–water partition coefficient (Wildman–Crippen LogP) is 2.02. The van der Waals surface area contributed by atoms with Gasteiger partial charge in [-0.25, -0.2) is 4.68 Å². The Morgan fingerprint density at radius 1 is 1.35 bits per heavy atom. The van der Waals surface area contributed by atoms with E-state index >= 15 is 0 Å². The van der Waals surface area contributed by atoms with Gasteiger partial charge in [-0.3, -0.25) is 0 Å². The molecule has 0 amide bonds. The lowest BCUT2D eigenvalue weighted by Crippen LogP contribution is -2.26. The summed E-state index contributed by atoms with van der Waals surface area (Å²) in [6.45, 7) is 6.63. The van der Waals surface area contributed by atoms with E-state index in [9.17, 15) is 0 Å². The van der Waals surface area contributed by atoms with Crippen LogP contribution in [-0.4, -0.2) is 28.1 Å². The summed E-state index contributed by atoms with van der Waals surface area (Å²) < 4.78 is 1.75. The van der Waals surface area contributed by atoms with Gasteiger partial charge in [0.25, 0.3) is 0 Å². The Morgan fingerprint density at radius 3 is 2.65 bits per heavy atom. The van der Waals surface area contributed by atoms with Crippen LogP contribution in [0.3, 0.4) is 0 Å². The van der Waals surface area contributed by atoms with Gasteiger partial charge < -0.3 is 0 Å². The third-order valence-electron chi connectivity index (χ3n) is 4.42. The zero-order valence-corrected chi connectivity index (χ0v) is 12.3. The highest BCUT2D eigenvalue weighted by molar-refractivity contribution is 6.33. The predicted molar refractivity (Wildman–Crippen MR) is 79.8 cm³/mol. The van der Waals surface area contributed by atoms with Crippen LogP contribution in [0.1, 0.15) is 57.1 Å². The highest BCUT2D eigenvalue weighted by atomic mass is 15.5. The lowest BCUT2D eigenvalue weighted by molar-refractivity contribution is 0.508. The quantitative estimate of drug-likeness (QED) is 0.795. The Balaban J connectivity index is 2.17. The average Bonchev–Trinajstić information content (AvgIpc) is 3.13. The average molecular weight is 266 g/mol. The molecule has 2 aromatic rings. The highest BCUT2D eigenvalue weighted by Gasteiger charge is 2.29. The lowest BCUT2D eigenvalue weighted by atomic mass is 9.73. The van der Waals surface area contributed by atoms with Gasteiger partial charge in [0.1, 0.15) is 14.2 Å². The van der Waals surface area contributed by atoms with Gasteiger partial charge in [-0.1, -0.05) is 32.3 Å². The molecule has 0 aliphatic heterocycles. The molecule has 1 fully saturated rings. The molecule has 0 bridgehead atoms. The third kappa shape index (κ3) is 2.25. The van der Waals surface area contributed by atoms with E-state index < -0.39 is 0 Å². The summed E-state index contributed by atoms with van der Waals surface area (Å²) in [5, 5.41) is 11.6. The summed E-state index contributed by atoms with van der Waals surface area (Å²) in [6, 6.07) is 4.30. The minimum absolute atomic E-state index is 0.0505. The second-order valence-corrected chi connectivity index (χ2v) is 6.26. The van der Waals surface area contributed by atoms with Gasteiger partial charge in [0, 0.05) is 0 Å². The van der Waals surface area contributed by atoms with Crippen molar-refractivity contribution in [2.24, 2.45) is 0 Å². The molecule has 1 heterocycles. The van der Waals surface area contributed by atoms with Gasteiger partial charge in [-0.05, 0) is 58.2 Å². The van der Waals surface area contributed by atoms with Crippen molar-refractivity contribution in [3.8, 4) is 5.69 Å². The summed E-state index contributed by atoms with van der Waals surface area (Å²) >= 11 is 0. The molecule has 0 spiro atoms. The van der Waals surface area contributed by atoms with Crippen molar-refractivity contribution in [2.75, 3.05) is 0 Å². The monoisotopic (exact) mass is 266 g/mol. The van der Waals surface area contributed by atoms with E-state index in [1.165, 1.54) is 24.0 Å². The van der Waals surface area contributed by atoms with E-state index in [4.69, 9.17) is 7.85 Å². The number of benzene rings is 1. The zero-order valence-electron chi connectivity index (χ0n) is 12.3. The molecular formula is C15H19BN4. The Labute approximate surface area is 121 Å². The number of tetrazole rings is 1. The standard InChI is InChI=1S/C15H19BN4/c1-4-15(2,3)12-8-14(20-9-17-18-19-20)11(7-13(12)16)10-5-6-10/h7-10H,4-6H2,1-3H3. The molecule has 102 valence electrons. The minimum atomic E-state index is 0.0505. The fourth-order valence-electron chi connectivity index (χ4n) is 2.59. The number of nitrogens with zero attached hydrogens (tertiary/aromatic N) is 4. The molecule has 1 aliphatic rings. The summed E-state index contributed by atoms with van der Waals surface area (Å²) in [5.74, 6) is 0.607.